The number of hydrogen-bond acceptors (Lipinski definition) is 3. The van der Waals surface area contributed by atoms with Crippen molar-refractivity contribution in [2.75, 3.05) is 18.8 Å². The van der Waals surface area contributed by atoms with Crippen molar-refractivity contribution in [1.29, 1.82) is 0 Å². The Hall–Kier alpha value is -0.900. The zero-order valence-electron chi connectivity index (χ0n) is 10.9. The van der Waals surface area contributed by atoms with Gasteiger partial charge < -0.3 is 9.32 Å². The van der Waals surface area contributed by atoms with Crippen LogP contribution >= 0.6 is 11.8 Å². The summed E-state index contributed by atoms with van der Waals surface area (Å²) >= 11 is 1.90. The van der Waals surface area contributed by atoms with Crippen molar-refractivity contribution in [1.82, 2.24) is 4.90 Å². The van der Waals surface area contributed by atoms with Crippen molar-refractivity contribution >= 4 is 17.7 Å². The van der Waals surface area contributed by atoms with Crippen LogP contribution in [0.5, 0.6) is 0 Å². The molecule has 1 aromatic rings. The van der Waals surface area contributed by atoms with Gasteiger partial charge in [0.2, 0.25) is 5.91 Å². The fraction of sp³-hybridized carbons (Fsp3) is 0.643. The second kappa shape index (κ2) is 6.88. The summed E-state index contributed by atoms with van der Waals surface area (Å²) in [6, 6.07) is 3.97. The molecule has 100 valence electrons. The Balaban J connectivity index is 1.86. The van der Waals surface area contributed by atoms with Crippen LogP contribution in [0.3, 0.4) is 0 Å². The van der Waals surface area contributed by atoms with Crippen LogP contribution in [-0.2, 0) is 4.79 Å². The van der Waals surface area contributed by atoms with Gasteiger partial charge in [0, 0.05) is 25.3 Å². The Morgan fingerprint density at radius 3 is 3.17 bits per heavy atom. The summed E-state index contributed by atoms with van der Waals surface area (Å²) in [5, 5.41) is 0.406. The van der Waals surface area contributed by atoms with Crippen molar-refractivity contribution < 1.29 is 9.21 Å². The number of unbranched alkanes of at least 4 members (excludes halogenated alkanes) is 1. The Morgan fingerprint density at radius 1 is 1.56 bits per heavy atom. The molecule has 1 unspecified atom stereocenters. The molecular weight excluding hydrogens is 246 g/mol. The normalized spacial score (nSPS) is 20.7. The Bertz CT molecular complexity index is 364. The quantitative estimate of drug-likeness (QED) is 0.837. The van der Waals surface area contributed by atoms with Crippen LogP contribution in [0.25, 0.3) is 0 Å². The standard InChI is InChI=1S/C14H21NO2S/c1-2-3-6-14(16)15-8-7-13(18-11-9-15)12-5-4-10-17-12/h4-5,10,13H,2-3,6-9,11H2,1H3. The lowest BCUT2D eigenvalue weighted by Crippen LogP contribution is -2.32. The number of amides is 1. The molecule has 18 heavy (non-hydrogen) atoms. The average Bonchev–Trinajstić information content (AvgIpc) is 2.80. The third-order valence-corrected chi connectivity index (χ3v) is 4.59. The number of thioether (sulfide) groups is 1. The molecule has 1 saturated heterocycles. The van der Waals surface area contributed by atoms with Gasteiger partial charge in [-0.2, -0.15) is 0 Å². The fourth-order valence-corrected chi connectivity index (χ4v) is 3.39. The number of carbonyl (C=O) groups is 1. The predicted octanol–water partition coefficient (Wildman–Crippen LogP) is 3.48. The topological polar surface area (TPSA) is 33.5 Å². The van der Waals surface area contributed by atoms with Gasteiger partial charge in [-0.05, 0) is 25.0 Å². The second-order valence-electron chi connectivity index (χ2n) is 4.65. The van der Waals surface area contributed by atoms with Crippen LogP contribution in [-0.4, -0.2) is 29.6 Å². The van der Waals surface area contributed by atoms with Crippen molar-refractivity contribution in [2.45, 2.75) is 37.9 Å². The molecule has 1 aliphatic heterocycles. The van der Waals surface area contributed by atoms with E-state index in [2.05, 4.69) is 6.92 Å². The van der Waals surface area contributed by atoms with Gasteiger partial charge >= 0.3 is 0 Å². The van der Waals surface area contributed by atoms with Crippen LogP contribution in [0.4, 0.5) is 0 Å². The molecule has 0 radical (unpaired) electrons. The highest BCUT2D eigenvalue weighted by atomic mass is 32.2. The van der Waals surface area contributed by atoms with E-state index in [1.54, 1.807) is 6.26 Å². The van der Waals surface area contributed by atoms with Gasteiger partial charge in [0.25, 0.3) is 0 Å². The molecule has 1 aromatic heterocycles. The maximum absolute atomic E-state index is 12.0. The van der Waals surface area contributed by atoms with Gasteiger partial charge in [-0.1, -0.05) is 13.3 Å². The number of rotatable bonds is 4. The average molecular weight is 267 g/mol. The Morgan fingerprint density at radius 2 is 2.44 bits per heavy atom. The molecule has 0 saturated carbocycles. The lowest BCUT2D eigenvalue weighted by molar-refractivity contribution is -0.131. The summed E-state index contributed by atoms with van der Waals surface area (Å²) in [6.07, 6.45) is 5.51. The van der Waals surface area contributed by atoms with Crippen LogP contribution in [0.2, 0.25) is 0 Å². The van der Waals surface area contributed by atoms with E-state index in [0.29, 0.717) is 17.6 Å². The van der Waals surface area contributed by atoms with Gasteiger partial charge in [-0.15, -0.1) is 11.8 Å². The number of carbonyl (C=O) groups excluding carboxylic acids is 1. The maximum atomic E-state index is 12.0. The SMILES string of the molecule is CCCCC(=O)N1CCSC(c2ccco2)CC1. The highest BCUT2D eigenvalue weighted by Gasteiger charge is 2.22. The van der Waals surface area contributed by atoms with Crippen LogP contribution in [0, 0.1) is 0 Å². The van der Waals surface area contributed by atoms with E-state index in [-0.39, 0.29) is 0 Å². The highest BCUT2D eigenvalue weighted by Crippen LogP contribution is 2.34. The first-order valence-electron chi connectivity index (χ1n) is 6.74. The molecule has 2 rings (SSSR count). The van der Waals surface area contributed by atoms with E-state index in [0.717, 1.165) is 43.9 Å². The molecule has 1 amide bonds. The fourth-order valence-electron chi connectivity index (χ4n) is 2.21. The predicted molar refractivity (Wildman–Crippen MR) is 74.6 cm³/mol. The van der Waals surface area contributed by atoms with Gasteiger partial charge in [0.1, 0.15) is 5.76 Å². The lowest BCUT2D eigenvalue weighted by Gasteiger charge is -2.20. The van der Waals surface area contributed by atoms with Crippen molar-refractivity contribution in [3.8, 4) is 0 Å². The molecule has 1 fully saturated rings. The smallest absolute Gasteiger partial charge is 0.222 e. The summed E-state index contributed by atoms with van der Waals surface area (Å²) in [7, 11) is 0. The minimum absolute atomic E-state index is 0.317. The number of furan rings is 1. The molecule has 0 aromatic carbocycles. The molecule has 3 nitrogen and oxygen atoms in total. The summed E-state index contributed by atoms with van der Waals surface area (Å²) in [4.78, 5) is 14.0. The van der Waals surface area contributed by atoms with E-state index in [1.807, 2.05) is 28.8 Å². The third kappa shape index (κ3) is 3.55. The van der Waals surface area contributed by atoms with Crippen LogP contribution in [0.1, 0.15) is 43.6 Å². The Kier molecular flexibility index (Phi) is 5.17. The first-order chi connectivity index (χ1) is 8.81. The molecular formula is C14H21NO2S. The van der Waals surface area contributed by atoms with Crippen molar-refractivity contribution in [3.05, 3.63) is 24.2 Å². The van der Waals surface area contributed by atoms with Gasteiger partial charge in [-0.25, -0.2) is 0 Å². The molecule has 0 spiro atoms. The third-order valence-electron chi connectivity index (χ3n) is 3.30. The largest absolute Gasteiger partial charge is 0.468 e. The second-order valence-corrected chi connectivity index (χ2v) is 5.96. The monoisotopic (exact) mass is 267 g/mol. The van der Waals surface area contributed by atoms with Crippen molar-refractivity contribution in [2.24, 2.45) is 0 Å². The Labute approximate surface area is 113 Å². The van der Waals surface area contributed by atoms with E-state index >= 15 is 0 Å². The molecule has 0 aliphatic carbocycles. The zero-order valence-corrected chi connectivity index (χ0v) is 11.7. The lowest BCUT2D eigenvalue weighted by atomic mass is 10.2. The van der Waals surface area contributed by atoms with Gasteiger partial charge in [-0.3, -0.25) is 4.79 Å². The molecule has 2 heterocycles. The molecule has 1 aliphatic rings. The molecule has 0 N–H and O–H groups in total. The van der Waals surface area contributed by atoms with Crippen LogP contribution < -0.4 is 0 Å². The van der Waals surface area contributed by atoms with E-state index in [4.69, 9.17) is 4.42 Å². The van der Waals surface area contributed by atoms with E-state index < -0.39 is 0 Å². The van der Waals surface area contributed by atoms with Gasteiger partial charge in [0.05, 0.1) is 11.5 Å². The number of nitrogens with zero attached hydrogens (tertiary/aromatic N) is 1. The van der Waals surface area contributed by atoms with Gasteiger partial charge in [0.15, 0.2) is 0 Å². The maximum Gasteiger partial charge on any atom is 0.222 e. The minimum Gasteiger partial charge on any atom is -0.468 e. The first kappa shape index (κ1) is 13.5. The first-order valence-corrected chi connectivity index (χ1v) is 7.79. The summed E-state index contributed by atoms with van der Waals surface area (Å²) in [5.74, 6) is 2.36. The number of hydrogen-bond donors (Lipinski definition) is 0. The molecule has 1 atom stereocenters. The minimum atomic E-state index is 0.317. The van der Waals surface area contributed by atoms with E-state index in [9.17, 15) is 4.79 Å². The summed E-state index contributed by atoms with van der Waals surface area (Å²) in [5.41, 5.74) is 0. The summed E-state index contributed by atoms with van der Waals surface area (Å²) < 4.78 is 5.46. The van der Waals surface area contributed by atoms with Crippen molar-refractivity contribution in [3.63, 3.8) is 0 Å². The van der Waals surface area contributed by atoms with Crippen LogP contribution in [0.15, 0.2) is 22.8 Å². The highest BCUT2D eigenvalue weighted by molar-refractivity contribution is 7.99. The zero-order chi connectivity index (χ0) is 12.8. The molecule has 4 heteroatoms. The molecule has 0 bridgehead atoms. The van der Waals surface area contributed by atoms with E-state index in [1.165, 1.54) is 0 Å². The summed E-state index contributed by atoms with van der Waals surface area (Å²) in [6.45, 7) is 3.86.